The van der Waals surface area contributed by atoms with Gasteiger partial charge in [0.1, 0.15) is 0 Å². The van der Waals surface area contributed by atoms with Crippen molar-refractivity contribution in [1.82, 2.24) is 0 Å². The lowest BCUT2D eigenvalue weighted by atomic mass is 9.86. The number of nitrogens with zero attached hydrogens (tertiary/aromatic N) is 1. The third-order valence-electron chi connectivity index (χ3n) is 3.32. The molecule has 0 unspecified atom stereocenters. The van der Waals surface area contributed by atoms with Gasteiger partial charge in [-0.05, 0) is 22.3 Å². The van der Waals surface area contributed by atoms with E-state index in [0.29, 0.717) is 0 Å². The quantitative estimate of drug-likeness (QED) is 0.891. The predicted octanol–water partition coefficient (Wildman–Crippen LogP) is 3.46. The molecule has 2 rings (SSSR count). The molecule has 0 saturated carbocycles. The summed E-state index contributed by atoms with van der Waals surface area (Å²) in [5, 5.41) is 21.7. The minimum atomic E-state index is -0.638. The van der Waals surface area contributed by atoms with Crippen molar-refractivity contribution in [3.63, 3.8) is 0 Å². The molecule has 2 aromatic rings. The van der Waals surface area contributed by atoms with Crippen LogP contribution < -0.4 is 0 Å². The van der Waals surface area contributed by atoms with Crippen LogP contribution in [0.1, 0.15) is 25.3 Å². The van der Waals surface area contributed by atoms with Crippen molar-refractivity contribution in [2.24, 2.45) is 5.92 Å². The van der Waals surface area contributed by atoms with Gasteiger partial charge in [-0.25, -0.2) is 0 Å². The van der Waals surface area contributed by atoms with E-state index in [1.54, 1.807) is 0 Å². The predicted molar refractivity (Wildman–Crippen MR) is 73.1 cm³/mol. The van der Waals surface area contributed by atoms with Crippen LogP contribution in [0.3, 0.4) is 0 Å². The third-order valence-corrected chi connectivity index (χ3v) is 3.32. The molecule has 2 aromatic carbocycles. The number of fused-ring (bicyclic) bond motifs is 1. The van der Waals surface area contributed by atoms with E-state index < -0.39 is 12.0 Å². The van der Waals surface area contributed by atoms with Crippen LogP contribution >= 0.6 is 0 Å². The summed E-state index contributed by atoms with van der Waals surface area (Å²) in [6.45, 7) is 3.86. The van der Waals surface area contributed by atoms with Crippen molar-refractivity contribution in [2.45, 2.75) is 25.9 Å². The first kappa shape index (κ1) is 12.6. The standard InChI is InChI=1S/C16H17NO/c1-11(2)16(18)15(10-17)14-9-5-7-12-6-3-4-8-13(12)14/h3-9,11,15-16,18H,1-2H3/t15-,16+/m1/s1. The zero-order chi connectivity index (χ0) is 13.1. The minimum absolute atomic E-state index is 0.0635. The van der Waals surface area contributed by atoms with Crippen molar-refractivity contribution in [1.29, 1.82) is 5.26 Å². The molecular weight excluding hydrogens is 222 g/mol. The largest absolute Gasteiger partial charge is 0.391 e. The minimum Gasteiger partial charge on any atom is -0.391 e. The second kappa shape index (κ2) is 5.20. The third kappa shape index (κ3) is 2.23. The summed E-state index contributed by atoms with van der Waals surface area (Å²) >= 11 is 0. The summed E-state index contributed by atoms with van der Waals surface area (Å²) < 4.78 is 0. The first-order valence-electron chi connectivity index (χ1n) is 6.20. The monoisotopic (exact) mass is 239 g/mol. The molecule has 0 aliphatic rings. The van der Waals surface area contributed by atoms with Crippen LogP contribution in [-0.2, 0) is 0 Å². The van der Waals surface area contributed by atoms with Gasteiger partial charge in [0.15, 0.2) is 0 Å². The zero-order valence-corrected chi connectivity index (χ0v) is 10.7. The molecular formula is C16H17NO. The maximum absolute atomic E-state index is 10.2. The fourth-order valence-corrected chi connectivity index (χ4v) is 2.24. The fourth-order valence-electron chi connectivity index (χ4n) is 2.24. The number of hydrogen-bond donors (Lipinski definition) is 1. The first-order valence-corrected chi connectivity index (χ1v) is 6.20. The van der Waals surface area contributed by atoms with Crippen molar-refractivity contribution in [2.75, 3.05) is 0 Å². The lowest BCUT2D eigenvalue weighted by Crippen LogP contribution is -2.23. The molecule has 0 saturated heterocycles. The Morgan fingerprint density at radius 1 is 1.06 bits per heavy atom. The van der Waals surface area contributed by atoms with E-state index in [9.17, 15) is 10.4 Å². The van der Waals surface area contributed by atoms with E-state index in [4.69, 9.17) is 0 Å². The van der Waals surface area contributed by atoms with Crippen molar-refractivity contribution in [3.8, 4) is 6.07 Å². The molecule has 1 N–H and O–H groups in total. The van der Waals surface area contributed by atoms with Crippen LogP contribution in [0.2, 0.25) is 0 Å². The van der Waals surface area contributed by atoms with Crippen molar-refractivity contribution in [3.05, 3.63) is 48.0 Å². The topological polar surface area (TPSA) is 44.0 Å². The maximum Gasteiger partial charge on any atom is 0.0980 e. The summed E-state index contributed by atoms with van der Waals surface area (Å²) in [4.78, 5) is 0. The van der Waals surface area contributed by atoms with Gasteiger partial charge in [-0.2, -0.15) is 5.26 Å². The number of rotatable bonds is 3. The molecule has 0 aliphatic carbocycles. The number of benzene rings is 2. The smallest absolute Gasteiger partial charge is 0.0980 e. The number of hydrogen-bond acceptors (Lipinski definition) is 2. The Hall–Kier alpha value is -1.85. The zero-order valence-electron chi connectivity index (χ0n) is 10.7. The highest BCUT2D eigenvalue weighted by atomic mass is 16.3. The lowest BCUT2D eigenvalue weighted by molar-refractivity contribution is 0.113. The van der Waals surface area contributed by atoms with E-state index in [1.165, 1.54) is 0 Å². The fraction of sp³-hybridized carbons (Fsp3) is 0.312. The van der Waals surface area contributed by atoms with Gasteiger partial charge in [0.05, 0.1) is 18.1 Å². The lowest BCUT2D eigenvalue weighted by Gasteiger charge is -2.21. The van der Waals surface area contributed by atoms with E-state index in [2.05, 4.69) is 6.07 Å². The second-order valence-electron chi connectivity index (χ2n) is 4.91. The number of aliphatic hydroxyl groups is 1. The van der Waals surface area contributed by atoms with Crippen molar-refractivity contribution < 1.29 is 5.11 Å². The Labute approximate surface area is 107 Å². The van der Waals surface area contributed by atoms with Gasteiger partial charge >= 0.3 is 0 Å². The average Bonchev–Trinajstić information content (AvgIpc) is 2.39. The Bertz CT molecular complexity index is 578. The molecule has 2 nitrogen and oxygen atoms in total. The Balaban J connectivity index is 2.56. The van der Waals surface area contributed by atoms with Crippen LogP contribution in [0.25, 0.3) is 10.8 Å². The molecule has 0 fully saturated rings. The summed E-state index contributed by atoms with van der Waals surface area (Å²) in [7, 11) is 0. The van der Waals surface area contributed by atoms with Crippen LogP contribution in [0.5, 0.6) is 0 Å². The number of nitriles is 1. The van der Waals surface area contributed by atoms with Gasteiger partial charge < -0.3 is 5.11 Å². The summed E-state index contributed by atoms with van der Waals surface area (Å²) in [5.41, 5.74) is 0.914. The molecule has 0 amide bonds. The SMILES string of the molecule is CC(C)[C@H](O)[C@H](C#N)c1cccc2ccccc12. The molecule has 0 aromatic heterocycles. The Morgan fingerprint density at radius 3 is 2.39 bits per heavy atom. The summed E-state index contributed by atoms with van der Waals surface area (Å²) in [6, 6.07) is 16.1. The van der Waals surface area contributed by atoms with Gasteiger partial charge in [0.2, 0.25) is 0 Å². The van der Waals surface area contributed by atoms with Gasteiger partial charge in [-0.15, -0.1) is 0 Å². The highest BCUT2D eigenvalue weighted by molar-refractivity contribution is 5.86. The Morgan fingerprint density at radius 2 is 1.72 bits per heavy atom. The summed E-state index contributed by atoms with van der Waals surface area (Å²) in [5.74, 6) is -0.412. The maximum atomic E-state index is 10.2. The van der Waals surface area contributed by atoms with E-state index in [1.807, 2.05) is 56.3 Å². The second-order valence-corrected chi connectivity index (χ2v) is 4.91. The van der Waals surface area contributed by atoms with E-state index in [0.717, 1.165) is 16.3 Å². The van der Waals surface area contributed by atoms with E-state index in [-0.39, 0.29) is 5.92 Å². The van der Waals surface area contributed by atoms with Crippen LogP contribution in [0.15, 0.2) is 42.5 Å². The van der Waals surface area contributed by atoms with Crippen LogP contribution in [-0.4, -0.2) is 11.2 Å². The van der Waals surface area contributed by atoms with Gasteiger partial charge in [-0.3, -0.25) is 0 Å². The number of aliphatic hydroxyl groups excluding tert-OH is 1. The molecule has 0 bridgehead atoms. The molecule has 0 radical (unpaired) electrons. The average molecular weight is 239 g/mol. The highest BCUT2D eigenvalue weighted by Gasteiger charge is 2.24. The highest BCUT2D eigenvalue weighted by Crippen LogP contribution is 2.29. The van der Waals surface area contributed by atoms with Crippen LogP contribution in [0, 0.1) is 17.2 Å². The first-order chi connectivity index (χ1) is 8.65. The molecule has 18 heavy (non-hydrogen) atoms. The Kier molecular flexibility index (Phi) is 3.64. The molecule has 2 heteroatoms. The summed E-state index contributed by atoms with van der Waals surface area (Å²) in [6.07, 6.45) is -0.638. The van der Waals surface area contributed by atoms with Crippen molar-refractivity contribution >= 4 is 10.8 Å². The van der Waals surface area contributed by atoms with Gasteiger partial charge in [0, 0.05) is 0 Å². The van der Waals surface area contributed by atoms with Gasteiger partial charge in [-0.1, -0.05) is 56.3 Å². The van der Waals surface area contributed by atoms with Gasteiger partial charge in [0.25, 0.3) is 0 Å². The molecule has 0 aliphatic heterocycles. The van der Waals surface area contributed by atoms with E-state index >= 15 is 0 Å². The molecule has 2 atom stereocenters. The molecule has 0 spiro atoms. The normalized spacial score (nSPS) is 14.4. The molecule has 92 valence electrons. The molecule has 0 heterocycles. The van der Waals surface area contributed by atoms with Crippen LogP contribution in [0.4, 0.5) is 0 Å².